The van der Waals surface area contributed by atoms with Gasteiger partial charge in [0.25, 0.3) is 0 Å². The molecule has 0 N–H and O–H groups in total. The normalized spacial score (nSPS) is 9.85. The van der Waals surface area contributed by atoms with Crippen LogP contribution < -0.4 is 4.74 Å². The van der Waals surface area contributed by atoms with Crippen LogP contribution in [0.3, 0.4) is 0 Å². The van der Waals surface area contributed by atoms with E-state index in [1.807, 2.05) is 12.1 Å². The van der Waals surface area contributed by atoms with Gasteiger partial charge in [0.05, 0.1) is 0 Å². The third-order valence-corrected chi connectivity index (χ3v) is 3.14. The quantitative estimate of drug-likeness (QED) is 0.371. The first-order valence-electron chi connectivity index (χ1n) is 5.85. The van der Waals surface area contributed by atoms with Gasteiger partial charge in [-0.15, -0.1) is 0 Å². The van der Waals surface area contributed by atoms with Gasteiger partial charge in [0.15, 0.2) is 5.78 Å². The van der Waals surface area contributed by atoms with Crippen LogP contribution in [0.15, 0.2) is 65.7 Å². The molecule has 2 rings (SSSR count). The number of ketones is 1. The molecule has 0 fully saturated rings. The summed E-state index contributed by atoms with van der Waals surface area (Å²) in [7, 11) is 0. The molecule has 100 valence electrons. The number of halogens is 1. The van der Waals surface area contributed by atoms with E-state index in [4.69, 9.17) is 4.74 Å². The standard InChI is InChI=1S/C16H11BrO3/c1-2-15(18)20-14-9-5-12(6-10-14)16(19)11-3-7-13(17)8-4-11/h2-10H,1H2. The van der Waals surface area contributed by atoms with Crippen LogP contribution in [0.5, 0.6) is 5.75 Å². The molecule has 2 aromatic rings. The highest BCUT2D eigenvalue weighted by Crippen LogP contribution is 2.17. The van der Waals surface area contributed by atoms with Crippen molar-refractivity contribution in [1.82, 2.24) is 0 Å². The summed E-state index contributed by atoms with van der Waals surface area (Å²) in [5.74, 6) is -0.238. The van der Waals surface area contributed by atoms with Crippen molar-refractivity contribution in [1.29, 1.82) is 0 Å². The molecule has 4 heteroatoms. The molecule has 0 saturated carbocycles. The molecular formula is C16H11BrO3. The number of benzene rings is 2. The van der Waals surface area contributed by atoms with Crippen molar-refractivity contribution < 1.29 is 14.3 Å². The molecule has 0 amide bonds. The minimum absolute atomic E-state index is 0.0842. The predicted molar refractivity (Wildman–Crippen MR) is 79.8 cm³/mol. The van der Waals surface area contributed by atoms with Crippen molar-refractivity contribution in [2.75, 3.05) is 0 Å². The van der Waals surface area contributed by atoms with Crippen molar-refractivity contribution in [2.45, 2.75) is 0 Å². The average molecular weight is 331 g/mol. The first-order chi connectivity index (χ1) is 9.60. The monoisotopic (exact) mass is 330 g/mol. The largest absolute Gasteiger partial charge is 0.423 e. The summed E-state index contributed by atoms with van der Waals surface area (Å²) < 4.78 is 5.86. The van der Waals surface area contributed by atoms with Gasteiger partial charge in [-0.25, -0.2) is 4.79 Å². The van der Waals surface area contributed by atoms with Crippen LogP contribution >= 0.6 is 15.9 Å². The van der Waals surface area contributed by atoms with E-state index in [1.54, 1.807) is 36.4 Å². The molecule has 0 atom stereocenters. The molecule has 0 aliphatic carbocycles. The Morgan fingerprint density at radius 3 is 1.95 bits per heavy atom. The van der Waals surface area contributed by atoms with Crippen molar-refractivity contribution in [3.63, 3.8) is 0 Å². The highest BCUT2D eigenvalue weighted by Gasteiger charge is 2.09. The fraction of sp³-hybridized carbons (Fsp3) is 0. The van der Waals surface area contributed by atoms with E-state index in [0.717, 1.165) is 10.5 Å². The van der Waals surface area contributed by atoms with E-state index in [2.05, 4.69) is 22.5 Å². The summed E-state index contributed by atoms with van der Waals surface area (Å²) in [6.07, 6.45) is 1.08. The maximum absolute atomic E-state index is 12.2. The van der Waals surface area contributed by atoms with Crippen LogP contribution in [0.1, 0.15) is 15.9 Å². The van der Waals surface area contributed by atoms with Gasteiger partial charge in [0.2, 0.25) is 0 Å². The first kappa shape index (κ1) is 14.2. The van der Waals surface area contributed by atoms with Crippen molar-refractivity contribution in [2.24, 2.45) is 0 Å². The van der Waals surface area contributed by atoms with Crippen LogP contribution in [0, 0.1) is 0 Å². The topological polar surface area (TPSA) is 43.4 Å². The number of carbonyl (C=O) groups is 2. The Morgan fingerprint density at radius 2 is 1.45 bits per heavy atom. The fourth-order valence-corrected chi connectivity index (χ4v) is 1.86. The van der Waals surface area contributed by atoms with Gasteiger partial charge in [-0.1, -0.05) is 22.5 Å². The lowest BCUT2D eigenvalue weighted by molar-refractivity contribution is -0.128. The van der Waals surface area contributed by atoms with E-state index in [9.17, 15) is 9.59 Å². The molecule has 0 aliphatic heterocycles. The van der Waals surface area contributed by atoms with E-state index >= 15 is 0 Å². The van der Waals surface area contributed by atoms with E-state index in [1.165, 1.54) is 0 Å². The van der Waals surface area contributed by atoms with Gasteiger partial charge in [-0.2, -0.15) is 0 Å². The lowest BCUT2D eigenvalue weighted by Gasteiger charge is -2.04. The van der Waals surface area contributed by atoms with Crippen LogP contribution in [0.4, 0.5) is 0 Å². The number of hydrogen-bond donors (Lipinski definition) is 0. The molecule has 0 unspecified atom stereocenters. The van der Waals surface area contributed by atoms with Crippen molar-refractivity contribution in [3.8, 4) is 5.75 Å². The molecule has 3 nitrogen and oxygen atoms in total. The summed E-state index contributed by atoms with van der Waals surface area (Å²) in [6, 6.07) is 13.5. The summed E-state index contributed by atoms with van der Waals surface area (Å²) >= 11 is 3.32. The van der Waals surface area contributed by atoms with E-state index < -0.39 is 5.97 Å². The lowest BCUT2D eigenvalue weighted by Crippen LogP contribution is -2.04. The van der Waals surface area contributed by atoms with Gasteiger partial charge in [0, 0.05) is 21.7 Å². The minimum atomic E-state index is -0.531. The summed E-state index contributed by atoms with van der Waals surface area (Å²) in [5, 5.41) is 0. The second kappa shape index (κ2) is 6.30. The zero-order valence-corrected chi connectivity index (χ0v) is 12.1. The average Bonchev–Trinajstić information content (AvgIpc) is 2.48. The van der Waals surface area contributed by atoms with Crippen molar-refractivity contribution >= 4 is 27.7 Å². The number of esters is 1. The summed E-state index contributed by atoms with van der Waals surface area (Å²) in [4.78, 5) is 23.2. The van der Waals surface area contributed by atoms with Crippen LogP contribution in [0.25, 0.3) is 0 Å². The molecule has 0 saturated heterocycles. The Hall–Kier alpha value is -2.20. The zero-order chi connectivity index (χ0) is 14.5. The maximum Gasteiger partial charge on any atom is 0.335 e. The Bertz CT molecular complexity index is 642. The van der Waals surface area contributed by atoms with Gasteiger partial charge < -0.3 is 4.74 Å². The van der Waals surface area contributed by atoms with Gasteiger partial charge in [0.1, 0.15) is 5.75 Å². The third kappa shape index (κ3) is 3.42. The Labute approximate surface area is 125 Å². The molecule has 0 aliphatic rings. The molecule has 0 spiro atoms. The fourth-order valence-electron chi connectivity index (χ4n) is 1.60. The molecule has 0 heterocycles. The van der Waals surface area contributed by atoms with E-state index in [-0.39, 0.29) is 5.78 Å². The Balaban J connectivity index is 2.17. The van der Waals surface area contributed by atoms with Crippen molar-refractivity contribution in [3.05, 3.63) is 76.8 Å². The molecule has 20 heavy (non-hydrogen) atoms. The highest BCUT2D eigenvalue weighted by molar-refractivity contribution is 9.10. The van der Waals surface area contributed by atoms with Crippen LogP contribution in [-0.2, 0) is 4.79 Å². The molecule has 0 radical (unpaired) electrons. The molecule has 0 bridgehead atoms. The predicted octanol–water partition coefficient (Wildman–Crippen LogP) is 3.77. The van der Waals surface area contributed by atoms with Gasteiger partial charge in [-0.05, 0) is 48.5 Å². The Kier molecular flexibility index (Phi) is 4.48. The minimum Gasteiger partial charge on any atom is -0.423 e. The van der Waals surface area contributed by atoms with Crippen LogP contribution in [0.2, 0.25) is 0 Å². The zero-order valence-electron chi connectivity index (χ0n) is 10.5. The number of ether oxygens (including phenoxy) is 1. The number of rotatable bonds is 4. The highest BCUT2D eigenvalue weighted by atomic mass is 79.9. The smallest absolute Gasteiger partial charge is 0.335 e. The van der Waals surface area contributed by atoms with Gasteiger partial charge in [-0.3, -0.25) is 4.79 Å². The Morgan fingerprint density at radius 1 is 0.950 bits per heavy atom. The lowest BCUT2D eigenvalue weighted by atomic mass is 10.0. The first-order valence-corrected chi connectivity index (χ1v) is 6.64. The molecule has 0 aromatic heterocycles. The third-order valence-electron chi connectivity index (χ3n) is 2.61. The number of carbonyl (C=O) groups excluding carboxylic acids is 2. The number of hydrogen-bond acceptors (Lipinski definition) is 3. The molecule has 2 aromatic carbocycles. The maximum atomic E-state index is 12.2. The molecular weight excluding hydrogens is 320 g/mol. The van der Waals surface area contributed by atoms with E-state index in [0.29, 0.717) is 16.9 Å². The summed E-state index contributed by atoms with van der Waals surface area (Å²) in [6.45, 7) is 3.32. The summed E-state index contributed by atoms with van der Waals surface area (Å²) in [5.41, 5.74) is 1.13. The van der Waals surface area contributed by atoms with Gasteiger partial charge >= 0.3 is 5.97 Å². The SMILES string of the molecule is C=CC(=O)Oc1ccc(C(=O)c2ccc(Br)cc2)cc1. The second-order valence-electron chi connectivity index (χ2n) is 3.99. The van der Waals surface area contributed by atoms with Crippen LogP contribution in [-0.4, -0.2) is 11.8 Å². The second-order valence-corrected chi connectivity index (χ2v) is 4.90.